The second-order valence-corrected chi connectivity index (χ2v) is 11.8. The van der Waals surface area contributed by atoms with Gasteiger partial charge in [0.15, 0.2) is 0 Å². The average Bonchev–Trinajstić information content (AvgIpc) is 2.94. The van der Waals surface area contributed by atoms with Crippen molar-refractivity contribution in [3.05, 3.63) is 94.2 Å². The maximum Gasteiger partial charge on any atom is 0.264 e. The van der Waals surface area contributed by atoms with E-state index < -0.39 is 34.3 Å². The monoisotopic (exact) mass is 607 g/mol. The summed E-state index contributed by atoms with van der Waals surface area (Å²) in [5, 5.41) is 3.50. The van der Waals surface area contributed by atoms with E-state index in [-0.39, 0.29) is 28.1 Å². The van der Waals surface area contributed by atoms with Crippen molar-refractivity contribution in [2.75, 3.05) is 17.4 Å². The molecule has 7 nitrogen and oxygen atoms in total. The predicted molar refractivity (Wildman–Crippen MR) is 156 cm³/mol. The van der Waals surface area contributed by atoms with Crippen LogP contribution in [-0.2, 0) is 26.2 Å². The Kier molecular flexibility index (Phi) is 11.4. The summed E-state index contributed by atoms with van der Waals surface area (Å²) in [7, 11) is -4.27. The van der Waals surface area contributed by atoms with E-state index in [1.165, 1.54) is 4.90 Å². The van der Waals surface area contributed by atoms with Crippen LogP contribution in [0, 0.1) is 5.82 Å². The van der Waals surface area contributed by atoms with Gasteiger partial charge < -0.3 is 10.2 Å². The summed E-state index contributed by atoms with van der Waals surface area (Å²) in [4.78, 5) is 28.3. The maximum absolute atomic E-state index is 14.0. The molecule has 0 aliphatic heterocycles. The Morgan fingerprint density at radius 3 is 2.23 bits per heavy atom. The Labute approximate surface area is 244 Å². The van der Waals surface area contributed by atoms with Gasteiger partial charge in [-0.15, -0.1) is 0 Å². The Balaban J connectivity index is 2.02. The first kappa shape index (κ1) is 31.4. The minimum atomic E-state index is -4.27. The third-order valence-corrected chi connectivity index (χ3v) is 8.80. The lowest BCUT2D eigenvalue weighted by molar-refractivity contribution is -0.140. The molecule has 2 amide bonds. The molecule has 1 atom stereocenters. The van der Waals surface area contributed by atoms with Gasteiger partial charge in [0.1, 0.15) is 18.4 Å². The Bertz CT molecular complexity index is 1410. The van der Waals surface area contributed by atoms with Crippen molar-refractivity contribution < 1.29 is 22.4 Å². The Morgan fingerprint density at radius 2 is 1.62 bits per heavy atom. The smallest absolute Gasteiger partial charge is 0.264 e. The summed E-state index contributed by atoms with van der Waals surface area (Å²) >= 11 is 12.3. The van der Waals surface area contributed by atoms with E-state index in [9.17, 15) is 22.4 Å². The first-order valence-electron chi connectivity index (χ1n) is 12.9. The van der Waals surface area contributed by atoms with Gasteiger partial charge in [0.05, 0.1) is 20.6 Å². The zero-order valence-corrected chi connectivity index (χ0v) is 24.6. The SMILES string of the molecule is CCCCNC(=O)[C@H](CC)N(Cc1ccc(Cl)c(Cl)c1)C(=O)CN(c1ccccc1)S(=O)(=O)c1ccc(F)cc1. The van der Waals surface area contributed by atoms with Gasteiger partial charge in [-0.05, 0) is 66.9 Å². The van der Waals surface area contributed by atoms with Crippen LogP contribution < -0.4 is 9.62 Å². The highest BCUT2D eigenvalue weighted by molar-refractivity contribution is 7.92. The third-order valence-electron chi connectivity index (χ3n) is 6.28. The van der Waals surface area contributed by atoms with Crippen LogP contribution in [0.2, 0.25) is 10.0 Å². The Morgan fingerprint density at radius 1 is 0.950 bits per heavy atom. The average molecular weight is 609 g/mol. The van der Waals surface area contributed by atoms with Crippen LogP contribution in [0.5, 0.6) is 0 Å². The lowest BCUT2D eigenvalue weighted by atomic mass is 10.1. The summed E-state index contributed by atoms with van der Waals surface area (Å²) in [6.45, 7) is 3.64. The van der Waals surface area contributed by atoms with E-state index in [0.717, 1.165) is 41.4 Å². The van der Waals surface area contributed by atoms with E-state index >= 15 is 0 Å². The first-order valence-corrected chi connectivity index (χ1v) is 15.1. The van der Waals surface area contributed by atoms with Crippen LogP contribution in [0.4, 0.5) is 10.1 Å². The number of carbonyl (C=O) groups is 2. The molecule has 3 aromatic carbocycles. The molecular weight excluding hydrogens is 576 g/mol. The number of sulfonamides is 1. The standard InChI is InChI=1S/C29H32Cl2FN3O4S/c1-3-5-17-33-29(37)27(4-2)34(19-21-11-16-25(30)26(31)18-21)28(36)20-35(23-9-7-6-8-10-23)40(38,39)24-14-12-22(32)13-15-24/h6-16,18,27H,3-5,17,19-20H2,1-2H3,(H,33,37)/t27-/m0/s1. The van der Waals surface area contributed by atoms with Crippen molar-refractivity contribution in [3.63, 3.8) is 0 Å². The van der Waals surface area contributed by atoms with Gasteiger partial charge in [-0.3, -0.25) is 13.9 Å². The molecule has 0 heterocycles. The number of hydrogen-bond acceptors (Lipinski definition) is 4. The summed E-state index contributed by atoms with van der Waals surface area (Å²) in [5.41, 5.74) is 0.866. The number of nitrogens with zero attached hydrogens (tertiary/aromatic N) is 2. The molecule has 1 N–H and O–H groups in total. The second kappa shape index (κ2) is 14.5. The van der Waals surface area contributed by atoms with Crippen molar-refractivity contribution >= 4 is 50.7 Å². The van der Waals surface area contributed by atoms with Crippen LogP contribution in [0.3, 0.4) is 0 Å². The summed E-state index contributed by atoms with van der Waals surface area (Å²) in [6, 6.07) is 16.6. The quantitative estimate of drug-likeness (QED) is 0.240. The van der Waals surface area contributed by atoms with Crippen LogP contribution >= 0.6 is 23.2 Å². The highest BCUT2D eigenvalue weighted by atomic mass is 35.5. The van der Waals surface area contributed by atoms with E-state index in [0.29, 0.717) is 23.6 Å². The van der Waals surface area contributed by atoms with E-state index in [1.807, 2.05) is 6.92 Å². The van der Waals surface area contributed by atoms with Crippen molar-refractivity contribution in [1.82, 2.24) is 10.2 Å². The molecule has 0 radical (unpaired) electrons. The molecule has 0 aliphatic carbocycles. The lowest BCUT2D eigenvalue weighted by Gasteiger charge is -2.33. The summed E-state index contributed by atoms with van der Waals surface area (Å²) < 4.78 is 42.0. The largest absolute Gasteiger partial charge is 0.354 e. The van der Waals surface area contributed by atoms with Crippen LogP contribution in [-0.4, -0.2) is 44.3 Å². The van der Waals surface area contributed by atoms with Crippen LogP contribution in [0.15, 0.2) is 77.7 Å². The van der Waals surface area contributed by atoms with Gasteiger partial charge in [-0.1, -0.05) is 67.7 Å². The number of anilines is 1. The molecular formula is C29H32Cl2FN3O4S. The van der Waals surface area contributed by atoms with Gasteiger partial charge in [0.2, 0.25) is 11.8 Å². The molecule has 0 saturated carbocycles. The number of nitrogens with one attached hydrogen (secondary N) is 1. The molecule has 11 heteroatoms. The maximum atomic E-state index is 14.0. The molecule has 0 fully saturated rings. The highest BCUT2D eigenvalue weighted by Crippen LogP contribution is 2.26. The number of unbranched alkanes of at least 4 members (excludes halogenated alkanes) is 1. The highest BCUT2D eigenvalue weighted by Gasteiger charge is 2.33. The second-order valence-electron chi connectivity index (χ2n) is 9.14. The first-order chi connectivity index (χ1) is 19.1. The number of amides is 2. The normalized spacial score (nSPS) is 12.0. The number of halogens is 3. The summed E-state index contributed by atoms with van der Waals surface area (Å²) in [6.07, 6.45) is 1.96. The van der Waals surface area contributed by atoms with Crippen molar-refractivity contribution in [3.8, 4) is 0 Å². The lowest BCUT2D eigenvalue weighted by Crippen LogP contribution is -2.52. The zero-order chi connectivity index (χ0) is 29.3. The van der Waals surface area contributed by atoms with E-state index in [2.05, 4.69) is 5.32 Å². The molecule has 0 bridgehead atoms. The molecule has 3 aromatic rings. The summed E-state index contributed by atoms with van der Waals surface area (Å²) in [5.74, 6) is -1.52. The van der Waals surface area contributed by atoms with Crippen LogP contribution in [0.1, 0.15) is 38.7 Å². The van der Waals surface area contributed by atoms with Gasteiger partial charge in [-0.2, -0.15) is 0 Å². The van der Waals surface area contributed by atoms with E-state index in [1.54, 1.807) is 55.5 Å². The number of para-hydroxylation sites is 1. The fourth-order valence-electron chi connectivity index (χ4n) is 4.12. The fraction of sp³-hybridized carbons (Fsp3) is 0.310. The molecule has 0 saturated heterocycles. The molecule has 0 aliphatic rings. The number of hydrogen-bond donors (Lipinski definition) is 1. The minimum Gasteiger partial charge on any atom is -0.354 e. The molecule has 40 heavy (non-hydrogen) atoms. The molecule has 0 unspecified atom stereocenters. The van der Waals surface area contributed by atoms with E-state index in [4.69, 9.17) is 23.2 Å². The number of carbonyl (C=O) groups excluding carboxylic acids is 2. The molecule has 0 aromatic heterocycles. The van der Waals surface area contributed by atoms with Gasteiger partial charge in [0.25, 0.3) is 10.0 Å². The van der Waals surface area contributed by atoms with Crippen molar-refractivity contribution in [1.29, 1.82) is 0 Å². The fourth-order valence-corrected chi connectivity index (χ4v) is 5.85. The minimum absolute atomic E-state index is 0.00531. The number of benzene rings is 3. The van der Waals surface area contributed by atoms with Crippen LogP contribution in [0.25, 0.3) is 0 Å². The topological polar surface area (TPSA) is 86.8 Å². The third kappa shape index (κ3) is 7.96. The van der Waals surface area contributed by atoms with Gasteiger partial charge >= 0.3 is 0 Å². The predicted octanol–water partition coefficient (Wildman–Crippen LogP) is 6.05. The van der Waals surface area contributed by atoms with Crippen molar-refractivity contribution in [2.24, 2.45) is 0 Å². The van der Waals surface area contributed by atoms with Crippen molar-refractivity contribution in [2.45, 2.75) is 50.6 Å². The molecule has 214 valence electrons. The molecule has 0 spiro atoms. The van der Waals surface area contributed by atoms with Gasteiger partial charge in [-0.25, -0.2) is 12.8 Å². The zero-order valence-electron chi connectivity index (χ0n) is 22.3. The van der Waals surface area contributed by atoms with Gasteiger partial charge in [0, 0.05) is 13.1 Å². The Hall–Kier alpha value is -3.14. The number of rotatable bonds is 13. The molecule has 3 rings (SSSR count).